The second-order valence-corrected chi connectivity index (χ2v) is 4.49. The van der Waals surface area contributed by atoms with E-state index in [9.17, 15) is 9.59 Å². The lowest BCUT2D eigenvalue weighted by atomic mass is 10.2. The van der Waals surface area contributed by atoms with E-state index in [1.807, 2.05) is 0 Å². The molecule has 0 saturated carbocycles. The predicted molar refractivity (Wildman–Crippen MR) is 64.1 cm³/mol. The Morgan fingerprint density at radius 3 is 2.67 bits per heavy atom. The first kappa shape index (κ1) is 13.1. The van der Waals surface area contributed by atoms with E-state index >= 15 is 0 Å². The molecule has 0 aromatic carbocycles. The second-order valence-electron chi connectivity index (χ2n) is 4.49. The molecule has 2 rings (SSSR count). The van der Waals surface area contributed by atoms with E-state index in [0.717, 1.165) is 6.42 Å². The van der Waals surface area contributed by atoms with Crippen LogP contribution in [0.1, 0.15) is 19.8 Å². The van der Waals surface area contributed by atoms with Crippen LogP contribution in [-0.2, 0) is 14.3 Å². The van der Waals surface area contributed by atoms with Crippen LogP contribution in [0.15, 0.2) is 0 Å². The summed E-state index contributed by atoms with van der Waals surface area (Å²) >= 11 is 0. The Morgan fingerprint density at radius 1 is 1.28 bits per heavy atom. The van der Waals surface area contributed by atoms with Crippen molar-refractivity contribution in [3.05, 3.63) is 0 Å². The molecular formula is C12H20N2O4. The van der Waals surface area contributed by atoms with E-state index in [1.165, 1.54) is 0 Å². The SMILES string of the molecule is CCOC(=O)C1CCCN1C(=O)N1CCOCC1. The van der Waals surface area contributed by atoms with Crippen molar-refractivity contribution in [1.29, 1.82) is 0 Å². The van der Waals surface area contributed by atoms with Crippen LogP contribution < -0.4 is 0 Å². The summed E-state index contributed by atoms with van der Waals surface area (Å²) < 4.78 is 10.2. The summed E-state index contributed by atoms with van der Waals surface area (Å²) in [6, 6.07) is -0.464. The van der Waals surface area contributed by atoms with Crippen LogP contribution in [0.2, 0.25) is 0 Å². The minimum Gasteiger partial charge on any atom is -0.464 e. The van der Waals surface area contributed by atoms with Crippen LogP contribution >= 0.6 is 0 Å². The number of hydrogen-bond acceptors (Lipinski definition) is 4. The summed E-state index contributed by atoms with van der Waals surface area (Å²) in [5.74, 6) is -0.281. The van der Waals surface area contributed by atoms with Gasteiger partial charge in [-0.1, -0.05) is 0 Å². The van der Waals surface area contributed by atoms with Crippen LogP contribution in [0.4, 0.5) is 4.79 Å². The summed E-state index contributed by atoms with van der Waals surface area (Å²) in [5.41, 5.74) is 0. The van der Waals surface area contributed by atoms with Crippen molar-refractivity contribution in [3.8, 4) is 0 Å². The van der Waals surface area contributed by atoms with Gasteiger partial charge >= 0.3 is 12.0 Å². The third kappa shape index (κ3) is 2.75. The summed E-state index contributed by atoms with van der Waals surface area (Å²) in [4.78, 5) is 27.5. The molecule has 2 heterocycles. The Kier molecular flexibility index (Phi) is 4.41. The fourth-order valence-corrected chi connectivity index (χ4v) is 2.42. The molecule has 1 unspecified atom stereocenters. The quantitative estimate of drug-likeness (QED) is 0.674. The highest BCUT2D eigenvalue weighted by Crippen LogP contribution is 2.20. The number of esters is 1. The molecule has 0 aliphatic carbocycles. The minimum atomic E-state index is -0.403. The van der Waals surface area contributed by atoms with E-state index in [-0.39, 0.29) is 12.0 Å². The topological polar surface area (TPSA) is 59.1 Å². The van der Waals surface area contributed by atoms with Gasteiger partial charge in [0, 0.05) is 19.6 Å². The van der Waals surface area contributed by atoms with Crippen molar-refractivity contribution in [3.63, 3.8) is 0 Å². The van der Waals surface area contributed by atoms with Crippen LogP contribution in [0.3, 0.4) is 0 Å². The fraction of sp³-hybridized carbons (Fsp3) is 0.833. The molecule has 2 fully saturated rings. The van der Waals surface area contributed by atoms with Crippen molar-refractivity contribution in [2.24, 2.45) is 0 Å². The maximum Gasteiger partial charge on any atom is 0.328 e. The molecule has 2 aliphatic rings. The van der Waals surface area contributed by atoms with E-state index in [1.54, 1.807) is 16.7 Å². The predicted octanol–water partition coefficient (Wildman–Crippen LogP) is 0.466. The normalized spacial score (nSPS) is 24.2. The molecule has 0 radical (unpaired) electrons. The Hall–Kier alpha value is -1.30. The maximum absolute atomic E-state index is 12.3. The third-order valence-corrected chi connectivity index (χ3v) is 3.34. The number of nitrogens with zero attached hydrogens (tertiary/aromatic N) is 2. The van der Waals surface area contributed by atoms with Gasteiger partial charge in [0.15, 0.2) is 0 Å². The molecule has 1 atom stereocenters. The zero-order valence-electron chi connectivity index (χ0n) is 10.8. The number of amides is 2. The molecular weight excluding hydrogens is 236 g/mol. The average Bonchev–Trinajstić information content (AvgIpc) is 2.88. The van der Waals surface area contributed by atoms with Gasteiger partial charge in [0.2, 0.25) is 0 Å². The molecule has 102 valence electrons. The first-order chi connectivity index (χ1) is 8.74. The van der Waals surface area contributed by atoms with E-state index in [2.05, 4.69) is 0 Å². The Balaban J connectivity index is 1.97. The van der Waals surface area contributed by atoms with E-state index in [4.69, 9.17) is 9.47 Å². The van der Waals surface area contributed by atoms with Crippen molar-refractivity contribution in [2.45, 2.75) is 25.8 Å². The highest BCUT2D eigenvalue weighted by Gasteiger charge is 2.37. The van der Waals surface area contributed by atoms with Gasteiger partial charge in [0.25, 0.3) is 0 Å². The molecule has 6 heteroatoms. The number of rotatable bonds is 2. The Bertz CT molecular complexity index is 315. The van der Waals surface area contributed by atoms with Gasteiger partial charge in [0.05, 0.1) is 19.8 Å². The van der Waals surface area contributed by atoms with Gasteiger partial charge in [0.1, 0.15) is 6.04 Å². The number of carbonyl (C=O) groups excluding carboxylic acids is 2. The number of likely N-dealkylation sites (tertiary alicyclic amines) is 1. The molecule has 0 aromatic rings. The van der Waals surface area contributed by atoms with Crippen LogP contribution in [0, 0.1) is 0 Å². The van der Waals surface area contributed by atoms with Crippen LogP contribution in [0.25, 0.3) is 0 Å². The number of ether oxygens (including phenoxy) is 2. The van der Waals surface area contributed by atoms with Crippen molar-refractivity contribution in [1.82, 2.24) is 9.80 Å². The summed E-state index contributed by atoms with van der Waals surface area (Å²) in [7, 11) is 0. The first-order valence-electron chi connectivity index (χ1n) is 6.54. The highest BCUT2D eigenvalue weighted by atomic mass is 16.5. The average molecular weight is 256 g/mol. The smallest absolute Gasteiger partial charge is 0.328 e. The van der Waals surface area contributed by atoms with Crippen LogP contribution in [-0.4, -0.2) is 67.3 Å². The second kappa shape index (κ2) is 6.04. The number of morpholine rings is 1. The van der Waals surface area contributed by atoms with Gasteiger partial charge < -0.3 is 19.3 Å². The third-order valence-electron chi connectivity index (χ3n) is 3.34. The zero-order valence-corrected chi connectivity index (χ0v) is 10.8. The standard InChI is InChI=1S/C12H20N2O4/c1-2-18-11(15)10-4-3-5-14(10)12(16)13-6-8-17-9-7-13/h10H,2-9H2,1H3. The highest BCUT2D eigenvalue weighted by molar-refractivity contribution is 5.84. The largest absolute Gasteiger partial charge is 0.464 e. The van der Waals surface area contributed by atoms with Gasteiger partial charge in [-0.2, -0.15) is 0 Å². The molecule has 0 N–H and O–H groups in total. The summed E-state index contributed by atoms with van der Waals surface area (Å²) in [6.45, 7) is 5.12. The molecule has 18 heavy (non-hydrogen) atoms. The van der Waals surface area contributed by atoms with Gasteiger partial charge in [-0.3, -0.25) is 0 Å². The molecule has 0 aromatic heterocycles. The summed E-state index contributed by atoms with van der Waals surface area (Å²) in [5, 5.41) is 0. The maximum atomic E-state index is 12.3. The van der Waals surface area contributed by atoms with E-state index < -0.39 is 6.04 Å². The Labute approximate surface area is 107 Å². The van der Waals surface area contributed by atoms with Crippen LogP contribution in [0.5, 0.6) is 0 Å². The number of hydrogen-bond donors (Lipinski definition) is 0. The van der Waals surface area contributed by atoms with Crippen molar-refractivity contribution >= 4 is 12.0 Å². The van der Waals surface area contributed by atoms with Gasteiger partial charge in [-0.25, -0.2) is 9.59 Å². The number of urea groups is 1. The van der Waals surface area contributed by atoms with Gasteiger partial charge in [-0.05, 0) is 19.8 Å². The lowest BCUT2D eigenvalue weighted by Crippen LogP contribution is -2.51. The first-order valence-corrected chi connectivity index (χ1v) is 6.54. The van der Waals surface area contributed by atoms with Gasteiger partial charge in [-0.15, -0.1) is 0 Å². The molecule has 2 aliphatic heterocycles. The Morgan fingerprint density at radius 2 is 2.00 bits per heavy atom. The minimum absolute atomic E-state index is 0.0612. The molecule has 2 saturated heterocycles. The summed E-state index contributed by atoms with van der Waals surface area (Å²) in [6.07, 6.45) is 1.56. The van der Waals surface area contributed by atoms with E-state index in [0.29, 0.717) is 45.9 Å². The lowest BCUT2D eigenvalue weighted by Gasteiger charge is -2.33. The fourth-order valence-electron chi connectivity index (χ4n) is 2.42. The molecule has 6 nitrogen and oxygen atoms in total. The number of carbonyl (C=O) groups is 2. The zero-order chi connectivity index (χ0) is 13.0. The van der Waals surface area contributed by atoms with Crippen molar-refractivity contribution in [2.75, 3.05) is 39.5 Å². The lowest BCUT2D eigenvalue weighted by molar-refractivity contribution is -0.147. The molecule has 0 spiro atoms. The van der Waals surface area contributed by atoms with Crippen molar-refractivity contribution < 1.29 is 19.1 Å². The monoisotopic (exact) mass is 256 g/mol. The molecule has 2 amide bonds. The molecule has 0 bridgehead atoms.